The highest BCUT2D eigenvalue weighted by atomic mass is 15.3. The Morgan fingerprint density at radius 2 is 2.24 bits per heavy atom. The highest BCUT2D eigenvalue weighted by Gasteiger charge is 2.42. The van der Waals surface area contributed by atoms with Crippen molar-refractivity contribution in [2.75, 3.05) is 0 Å². The second kappa shape index (κ2) is 3.81. The van der Waals surface area contributed by atoms with Crippen molar-refractivity contribution in [2.24, 2.45) is 5.41 Å². The highest BCUT2D eigenvalue weighted by molar-refractivity contribution is 5.36. The molecule has 2 heterocycles. The maximum Gasteiger partial charge on any atom is 0.160 e. The van der Waals surface area contributed by atoms with Gasteiger partial charge in [0.1, 0.15) is 0 Å². The third-order valence-electron chi connectivity index (χ3n) is 4.03. The Labute approximate surface area is 101 Å². The van der Waals surface area contributed by atoms with E-state index in [2.05, 4.69) is 29.4 Å². The summed E-state index contributed by atoms with van der Waals surface area (Å²) in [6, 6.07) is 6.50. The third-order valence-corrected chi connectivity index (χ3v) is 4.03. The maximum atomic E-state index is 4.22. The Morgan fingerprint density at radius 3 is 3.00 bits per heavy atom. The molecular formula is C13H18N4. The highest BCUT2D eigenvalue weighted by Crippen LogP contribution is 2.47. The smallest absolute Gasteiger partial charge is 0.160 e. The van der Waals surface area contributed by atoms with E-state index in [9.17, 15) is 0 Å². The van der Waals surface area contributed by atoms with Crippen molar-refractivity contribution in [3.8, 4) is 0 Å². The minimum atomic E-state index is 0.500. The Morgan fingerprint density at radius 1 is 1.41 bits per heavy atom. The van der Waals surface area contributed by atoms with Gasteiger partial charge in [0.2, 0.25) is 0 Å². The molecule has 1 aliphatic carbocycles. The van der Waals surface area contributed by atoms with Gasteiger partial charge >= 0.3 is 0 Å². The molecular weight excluding hydrogens is 212 g/mol. The summed E-state index contributed by atoms with van der Waals surface area (Å²) < 4.78 is 2.04. The maximum absolute atomic E-state index is 4.22. The van der Waals surface area contributed by atoms with E-state index in [1.165, 1.54) is 12.8 Å². The third kappa shape index (κ3) is 1.93. The zero-order valence-electron chi connectivity index (χ0n) is 10.3. The topological polar surface area (TPSA) is 42.2 Å². The molecule has 1 unspecified atom stereocenters. The molecule has 1 N–H and O–H groups in total. The first-order valence-corrected chi connectivity index (χ1v) is 6.21. The predicted octanol–water partition coefficient (Wildman–Crippen LogP) is 2.01. The van der Waals surface area contributed by atoms with Crippen molar-refractivity contribution in [3.63, 3.8) is 0 Å². The normalized spacial score (nSPS) is 19.4. The number of hydrogen-bond acceptors (Lipinski definition) is 3. The monoisotopic (exact) mass is 230 g/mol. The molecule has 4 nitrogen and oxygen atoms in total. The van der Waals surface area contributed by atoms with Crippen molar-refractivity contribution in [2.45, 2.75) is 39.3 Å². The van der Waals surface area contributed by atoms with E-state index in [1.54, 1.807) is 0 Å². The second-order valence-electron chi connectivity index (χ2n) is 5.30. The zero-order valence-corrected chi connectivity index (χ0v) is 10.3. The standard InChI is InChI=1S/C13H18N4/c1-10(13(2)6-7-13)14-9-12-16-15-11-5-3-4-8-17(11)12/h3-5,8,10,14H,6-7,9H2,1-2H3. The summed E-state index contributed by atoms with van der Waals surface area (Å²) in [4.78, 5) is 0. The van der Waals surface area contributed by atoms with Gasteiger partial charge in [0.25, 0.3) is 0 Å². The van der Waals surface area contributed by atoms with Gasteiger partial charge in [-0.1, -0.05) is 13.0 Å². The number of nitrogens with one attached hydrogen (secondary N) is 1. The minimum absolute atomic E-state index is 0.500. The summed E-state index contributed by atoms with van der Waals surface area (Å²) in [6.45, 7) is 5.38. The van der Waals surface area contributed by atoms with Gasteiger partial charge in [0, 0.05) is 12.2 Å². The summed E-state index contributed by atoms with van der Waals surface area (Å²) in [6.07, 6.45) is 4.68. The molecule has 1 atom stereocenters. The van der Waals surface area contributed by atoms with Crippen LogP contribution in [0.2, 0.25) is 0 Å². The average molecular weight is 230 g/mol. The van der Waals surface area contributed by atoms with Gasteiger partial charge in [-0.25, -0.2) is 0 Å². The molecule has 0 aromatic carbocycles. The van der Waals surface area contributed by atoms with E-state index in [1.807, 2.05) is 28.8 Å². The van der Waals surface area contributed by atoms with Crippen LogP contribution in [0.3, 0.4) is 0 Å². The lowest BCUT2D eigenvalue weighted by molar-refractivity contribution is 0.375. The number of hydrogen-bond donors (Lipinski definition) is 1. The van der Waals surface area contributed by atoms with Crippen molar-refractivity contribution in [1.29, 1.82) is 0 Å². The molecule has 2 aromatic heterocycles. The van der Waals surface area contributed by atoms with Crippen LogP contribution in [0.15, 0.2) is 24.4 Å². The van der Waals surface area contributed by atoms with Crippen molar-refractivity contribution < 1.29 is 0 Å². The van der Waals surface area contributed by atoms with Gasteiger partial charge in [-0.3, -0.25) is 4.40 Å². The Kier molecular flexibility index (Phi) is 2.40. The molecule has 0 radical (unpaired) electrons. The summed E-state index contributed by atoms with van der Waals surface area (Å²) >= 11 is 0. The lowest BCUT2D eigenvalue weighted by Crippen LogP contribution is -2.33. The molecule has 3 rings (SSSR count). The molecule has 2 aromatic rings. The Balaban J connectivity index is 1.72. The molecule has 0 saturated heterocycles. The lowest BCUT2D eigenvalue weighted by Gasteiger charge is -2.19. The molecule has 90 valence electrons. The molecule has 0 bridgehead atoms. The van der Waals surface area contributed by atoms with E-state index in [0.717, 1.165) is 18.0 Å². The summed E-state index contributed by atoms with van der Waals surface area (Å²) in [7, 11) is 0. The Bertz CT molecular complexity index is 527. The van der Waals surface area contributed by atoms with Crippen LogP contribution in [0, 0.1) is 5.41 Å². The fourth-order valence-corrected chi connectivity index (χ4v) is 2.13. The van der Waals surface area contributed by atoms with Gasteiger partial charge in [-0.15, -0.1) is 10.2 Å². The molecule has 0 amide bonds. The van der Waals surface area contributed by atoms with Crippen LogP contribution < -0.4 is 5.32 Å². The summed E-state index contributed by atoms with van der Waals surface area (Å²) in [5.41, 5.74) is 1.41. The fraction of sp³-hybridized carbons (Fsp3) is 0.538. The van der Waals surface area contributed by atoms with Crippen LogP contribution in [0.4, 0.5) is 0 Å². The molecule has 4 heteroatoms. The number of rotatable bonds is 4. The van der Waals surface area contributed by atoms with Crippen LogP contribution in [-0.2, 0) is 6.54 Å². The van der Waals surface area contributed by atoms with E-state index in [0.29, 0.717) is 11.5 Å². The largest absolute Gasteiger partial charge is 0.307 e. The van der Waals surface area contributed by atoms with Crippen LogP contribution in [0.5, 0.6) is 0 Å². The van der Waals surface area contributed by atoms with Crippen LogP contribution in [0.25, 0.3) is 5.65 Å². The van der Waals surface area contributed by atoms with E-state index >= 15 is 0 Å². The number of pyridine rings is 1. The van der Waals surface area contributed by atoms with Gasteiger partial charge in [-0.2, -0.15) is 0 Å². The second-order valence-corrected chi connectivity index (χ2v) is 5.30. The first kappa shape index (κ1) is 10.7. The average Bonchev–Trinajstić information content (AvgIpc) is 2.97. The van der Waals surface area contributed by atoms with Crippen LogP contribution >= 0.6 is 0 Å². The van der Waals surface area contributed by atoms with Gasteiger partial charge in [0.15, 0.2) is 11.5 Å². The number of fused-ring (bicyclic) bond motifs is 1. The van der Waals surface area contributed by atoms with Crippen LogP contribution in [0.1, 0.15) is 32.5 Å². The molecule has 1 fully saturated rings. The first-order chi connectivity index (χ1) is 8.19. The van der Waals surface area contributed by atoms with Crippen LogP contribution in [-0.4, -0.2) is 20.6 Å². The Hall–Kier alpha value is -1.42. The summed E-state index contributed by atoms with van der Waals surface area (Å²) in [5, 5.41) is 11.9. The molecule has 1 aliphatic rings. The number of nitrogens with zero attached hydrogens (tertiary/aromatic N) is 3. The molecule has 1 saturated carbocycles. The summed E-state index contributed by atoms with van der Waals surface area (Å²) in [5.74, 6) is 0.983. The van der Waals surface area contributed by atoms with Crippen molar-refractivity contribution in [3.05, 3.63) is 30.2 Å². The minimum Gasteiger partial charge on any atom is -0.307 e. The number of aromatic nitrogens is 3. The first-order valence-electron chi connectivity index (χ1n) is 6.21. The molecule has 0 spiro atoms. The SMILES string of the molecule is CC(NCc1nnc2ccccn12)C1(C)CC1. The predicted molar refractivity (Wildman–Crippen MR) is 66.6 cm³/mol. The van der Waals surface area contributed by atoms with Gasteiger partial charge in [0.05, 0.1) is 6.54 Å². The fourth-order valence-electron chi connectivity index (χ4n) is 2.13. The van der Waals surface area contributed by atoms with Gasteiger partial charge in [-0.05, 0) is 37.3 Å². The van der Waals surface area contributed by atoms with E-state index in [-0.39, 0.29) is 0 Å². The zero-order chi connectivity index (χ0) is 11.9. The molecule has 0 aliphatic heterocycles. The lowest BCUT2D eigenvalue weighted by atomic mass is 10.0. The quantitative estimate of drug-likeness (QED) is 0.873. The van der Waals surface area contributed by atoms with Crippen molar-refractivity contribution >= 4 is 5.65 Å². The van der Waals surface area contributed by atoms with Gasteiger partial charge < -0.3 is 5.32 Å². The van der Waals surface area contributed by atoms with Crippen molar-refractivity contribution in [1.82, 2.24) is 19.9 Å². The van der Waals surface area contributed by atoms with E-state index < -0.39 is 0 Å². The van der Waals surface area contributed by atoms with E-state index in [4.69, 9.17) is 0 Å². The molecule has 17 heavy (non-hydrogen) atoms.